The molecule has 0 saturated heterocycles. The van der Waals surface area contributed by atoms with E-state index < -0.39 is 42.2 Å². The molecule has 1 N–H and O–H groups in total. The first-order valence-electron chi connectivity index (χ1n) is 7.98. The van der Waals surface area contributed by atoms with Crippen LogP contribution in [0.15, 0.2) is 30.3 Å². The minimum absolute atomic E-state index is 0.101. The third-order valence-electron chi connectivity index (χ3n) is 3.78. The molecule has 26 heavy (non-hydrogen) atoms. The average Bonchev–Trinajstić information content (AvgIpc) is 2.68. The Kier molecular flexibility index (Phi) is 8.83. The van der Waals surface area contributed by atoms with Crippen LogP contribution in [0.25, 0.3) is 0 Å². The Morgan fingerprint density at radius 1 is 0.923 bits per heavy atom. The number of rotatable bonds is 9. The van der Waals surface area contributed by atoms with Crippen LogP contribution >= 0.6 is 0 Å². The quantitative estimate of drug-likeness (QED) is 0.505. The maximum Gasteiger partial charge on any atom is 0.329 e. The number of benzene rings is 1. The molecule has 8 heteroatoms. The SMILES string of the molecule is COC(=O)C[C@@H](C(=O)OC)[C@@H](NC(=O)CCc1ccccc1)C(=O)OC. The number of amides is 1. The Bertz CT molecular complexity index is 630. The van der Waals surface area contributed by atoms with Crippen LogP contribution in [0.3, 0.4) is 0 Å². The van der Waals surface area contributed by atoms with E-state index in [1.165, 1.54) is 0 Å². The average molecular weight is 365 g/mol. The molecule has 8 nitrogen and oxygen atoms in total. The van der Waals surface area contributed by atoms with E-state index in [1.807, 2.05) is 30.3 Å². The van der Waals surface area contributed by atoms with Crippen LogP contribution in [0, 0.1) is 5.92 Å². The van der Waals surface area contributed by atoms with Crippen LogP contribution < -0.4 is 5.32 Å². The Morgan fingerprint density at radius 2 is 1.54 bits per heavy atom. The van der Waals surface area contributed by atoms with Crippen LogP contribution in [0.5, 0.6) is 0 Å². The molecule has 0 bridgehead atoms. The molecule has 0 aliphatic carbocycles. The van der Waals surface area contributed by atoms with E-state index >= 15 is 0 Å². The van der Waals surface area contributed by atoms with E-state index in [1.54, 1.807) is 0 Å². The van der Waals surface area contributed by atoms with Crippen LogP contribution in [-0.2, 0) is 39.8 Å². The summed E-state index contributed by atoms with van der Waals surface area (Å²) in [5.41, 5.74) is 0.955. The van der Waals surface area contributed by atoms with Gasteiger partial charge in [-0.3, -0.25) is 14.4 Å². The molecular weight excluding hydrogens is 342 g/mol. The fourth-order valence-corrected chi connectivity index (χ4v) is 2.35. The normalized spacial score (nSPS) is 12.4. The smallest absolute Gasteiger partial charge is 0.329 e. The van der Waals surface area contributed by atoms with Crippen molar-refractivity contribution in [3.8, 4) is 0 Å². The highest BCUT2D eigenvalue weighted by molar-refractivity contribution is 5.91. The van der Waals surface area contributed by atoms with Gasteiger partial charge in [0.1, 0.15) is 6.04 Å². The van der Waals surface area contributed by atoms with Gasteiger partial charge in [0, 0.05) is 6.42 Å². The lowest BCUT2D eigenvalue weighted by Crippen LogP contribution is -2.50. The molecule has 0 heterocycles. The summed E-state index contributed by atoms with van der Waals surface area (Å²) in [6, 6.07) is 7.97. The van der Waals surface area contributed by atoms with E-state index in [4.69, 9.17) is 0 Å². The highest BCUT2D eigenvalue weighted by Crippen LogP contribution is 2.15. The number of methoxy groups -OCH3 is 3. The topological polar surface area (TPSA) is 108 Å². The summed E-state index contributed by atoms with van der Waals surface area (Å²) >= 11 is 0. The van der Waals surface area contributed by atoms with Gasteiger partial charge in [-0.1, -0.05) is 30.3 Å². The summed E-state index contributed by atoms with van der Waals surface area (Å²) in [5.74, 6) is -4.09. The molecule has 0 aliphatic heterocycles. The number of ether oxygens (including phenoxy) is 3. The second kappa shape index (κ2) is 10.9. The van der Waals surface area contributed by atoms with Crippen LogP contribution in [0.1, 0.15) is 18.4 Å². The number of nitrogens with one attached hydrogen (secondary N) is 1. The second-order valence-corrected chi connectivity index (χ2v) is 5.46. The number of hydrogen-bond acceptors (Lipinski definition) is 7. The lowest BCUT2D eigenvalue weighted by Gasteiger charge is -2.23. The van der Waals surface area contributed by atoms with E-state index in [9.17, 15) is 19.2 Å². The molecule has 1 aromatic carbocycles. The zero-order chi connectivity index (χ0) is 19.5. The first-order chi connectivity index (χ1) is 12.4. The number of aryl methyl sites for hydroxylation is 1. The predicted octanol–water partition coefficient (Wildman–Crippen LogP) is 0.629. The standard InChI is InChI=1S/C18H23NO7/c1-24-15(21)11-13(17(22)25-2)16(18(23)26-3)19-14(20)10-9-12-7-5-4-6-8-12/h4-8,13,16H,9-11H2,1-3H3,(H,19,20)/t13-,16-/m1/s1. The molecule has 2 atom stereocenters. The van der Waals surface area contributed by atoms with Crippen LogP contribution in [-0.4, -0.2) is 51.2 Å². The molecule has 0 fully saturated rings. The molecule has 0 radical (unpaired) electrons. The van der Waals surface area contributed by atoms with Crippen molar-refractivity contribution in [3.63, 3.8) is 0 Å². The van der Waals surface area contributed by atoms with Crippen molar-refractivity contribution in [1.82, 2.24) is 5.32 Å². The van der Waals surface area contributed by atoms with Crippen molar-refractivity contribution in [2.24, 2.45) is 5.92 Å². The van der Waals surface area contributed by atoms with Gasteiger partial charge in [0.2, 0.25) is 5.91 Å². The monoisotopic (exact) mass is 365 g/mol. The van der Waals surface area contributed by atoms with Gasteiger partial charge in [-0.15, -0.1) is 0 Å². The van der Waals surface area contributed by atoms with E-state index in [0.29, 0.717) is 6.42 Å². The van der Waals surface area contributed by atoms with Gasteiger partial charge in [0.15, 0.2) is 0 Å². The summed E-state index contributed by atoms with van der Waals surface area (Å²) in [7, 11) is 3.40. The zero-order valence-electron chi connectivity index (χ0n) is 15.0. The number of carbonyl (C=O) groups is 4. The Morgan fingerprint density at radius 3 is 2.08 bits per heavy atom. The van der Waals surface area contributed by atoms with Gasteiger partial charge in [0.25, 0.3) is 0 Å². The lowest BCUT2D eigenvalue weighted by molar-refractivity contribution is -0.159. The van der Waals surface area contributed by atoms with E-state index in [-0.39, 0.29) is 6.42 Å². The summed E-state index contributed by atoms with van der Waals surface area (Å²) < 4.78 is 13.8. The van der Waals surface area contributed by atoms with Gasteiger partial charge in [-0.25, -0.2) is 4.79 Å². The van der Waals surface area contributed by atoms with Crippen molar-refractivity contribution in [2.75, 3.05) is 21.3 Å². The minimum atomic E-state index is -1.35. The molecule has 0 unspecified atom stereocenters. The highest BCUT2D eigenvalue weighted by atomic mass is 16.5. The number of esters is 3. The predicted molar refractivity (Wildman–Crippen MR) is 90.8 cm³/mol. The van der Waals surface area contributed by atoms with Crippen LogP contribution in [0.4, 0.5) is 0 Å². The molecule has 142 valence electrons. The molecule has 0 spiro atoms. The first kappa shape index (κ1) is 21.1. The lowest BCUT2D eigenvalue weighted by atomic mass is 9.95. The van der Waals surface area contributed by atoms with Gasteiger partial charge in [-0.05, 0) is 12.0 Å². The summed E-state index contributed by atoms with van der Waals surface area (Å²) in [5, 5.41) is 2.46. The van der Waals surface area contributed by atoms with Gasteiger partial charge in [-0.2, -0.15) is 0 Å². The Hall–Kier alpha value is -2.90. The number of hydrogen-bond donors (Lipinski definition) is 1. The van der Waals surface area contributed by atoms with E-state index in [2.05, 4.69) is 19.5 Å². The van der Waals surface area contributed by atoms with E-state index in [0.717, 1.165) is 26.9 Å². The molecule has 0 aliphatic rings. The summed E-state index contributed by atoms with van der Waals surface area (Å²) in [6.07, 6.45) is 0.131. The molecule has 1 rings (SSSR count). The Labute approximate surface area is 151 Å². The maximum absolute atomic E-state index is 12.2. The second-order valence-electron chi connectivity index (χ2n) is 5.46. The van der Waals surface area contributed by atoms with Crippen molar-refractivity contribution in [1.29, 1.82) is 0 Å². The number of carbonyl (C=O) groups excluding carboxylic acids is 4. The fraction of sp³-hybridized carbons (Fsp3) is 0.444. The van der Waals surface area contributed by atoms with Gasteiger partial charge >= 0.3 is 17.9 Å². The highest BCUT2D eigenvalue weighted by Gasteiger charge is 2.38. The van der Waals surface area contributed by atoms with Crippen molar-refractivity contribution >= 4 is 23.8 Å². The van der Waals surface area contributed by atoms with Crippen molar-refractivity contribution in [3.05, 3.63) is 35.9 Å². The fourth-order valence-electron chi connectivity index (χ4n) is 2.35. The van der Waals surface area contributed by atoms with Gasteiger partial charge < -0.3 is 19.5 Å². The van der Waals surface area contributed by atoms with Crippen molar-refractivity contribution < 1.29 is 33.4 Å². The third-order valence-corrected chi connectivity index (χ3v) is 3.78. The minimum Gasteiger partial charge on any atom is -0.469 e. The Balaban J connectivity index is 2.85. The molecule has 1 amide bonds. The maximum atomic E-state index is 12.2. The summed E-state index contributed by atoms with van der Waals surface area (Å²) in [4.78, 5) is 47.8. The van der Waals surface area contributed by atoms with Gasteiger partial charge in [0.05, 0.1) is 33.7 Å². The third kappa shape index (κ3) is 6.54. The molecule has 1 aromatic rings. The molecular formula is C18H23NO7. The van der Waals surface area contributed by atoms with Crippen LogP contribution in [0.2, 0.25) is 0 Å². The first-order valence-corrected chi connectivity index (χ1v) is 7.98. The molecule has 0 aromatic heterocycles. The zero-order valence-corrected chi connectivity index (χ0v) is 15.0. The largest absolute Gasteiger partial charge is 0.469 e. The van der Waals surface area contributed by atoms with Crippen molar-refractivity contribution in [2.45, 2.75) is 25.3 Å². The molecule has 0 saturated carbocycles. The summed E-state index contributed by atoms with van der Waals surface area (Å²) in [6.45, 7) is 0.